The van der Waals surface area contributed by atoms with Crippen molar-refractivity contribution in [3.63, 3.8) is 0 Å². The van der Waals surface area contributed by atoms with Crippen LogP contribution in [0, 0.1) is 11.6 Å². The molecule has 0 radical (unpaired) electrons. The average Bonchev–Trinajstić information content (AvgIpc) is 3.56. The largest absolute Gasteiger partial charge is 0.416 e. The van der Waals surface area contributed by atoms with Gasteiger partial charge in [0, 0.05) is 23.2 Å². The average molecular weight is 634 g/mol. The number of nitrogens with zero attached hydrogens (tertiary/aromatic N) is 6. The van der Waals surface area contributed by atoms with E-state index in [9.17, 15) is 36.6 Å². The zero-order valence-electron chi connectivity index (χ0n) is 22.3. The normalized spacial score (nSPS) is 12.3. The molecule has 1 amide bonds. The minimum absolute atomic E-state index is 0.0289. The van der Waals surface area contributed by atoms with Crippen molar-refractivity contribution < 1.29 is 31.9 Å². The van der Waals surface area contributed by atoms with Gasteiger partial charge in [0.2, 0.25) is 0 Å². The van der Waals surface area contributed by atoms with E-state index in [1.54, 1.807) is 18.2 Å². The van der Waals surface area contributed by atoms with E-state index in [1.165, 1.54) is 41.3 Å². The topological polar surface area (TPSA) is 120 Å². The van der Waals surface area contributed by atoms with Crippen LogP contribution in [0.2, 0.25) is 5.02 Å². The zero-order valence-corrected chi connectivity index (χ0v) is 23.1. The molecule has 2 N–H and O–H groups in total. The molecule has 0 saturated carbocycles. The molecule has 0 aliphatic carbocycles. The Morgan fingerprint density at radius 1 is 1.00 bits per heavy atom. The lowest BCUT2D eigenvalue weighted by Gasteiger charge is -2.15. The van der Waals surface area contributed by atoms with E-state index in [0.717, 1.165) is 16.8 Å². The van der Waals surface area contributed by atoms with Crippen LogP contribution in [-0.4, -0.2) is 52.4 Å². The van der Waals surface area contributed by atoms with Crippen molar-refractivity contribution in [2.45, 2.75) is 31.9 Å². The first-order chi connectivity index (χ1) is 20.9. The van der Waals surface area contributed by atoms with E-state index in [4.69, 9.17) is 11.6 Å². The minimum atomic E-state index is -4.98. The van der Waals surface area contributed by atoms with Crippen molar-refractivity contribution in [3.8, 4) is 17.1 Å². The third-order valence-corrected chi connectivity index (χ3v) is 6.61. The molecule has 5 aromatic rings. The second-order valence-electron chi connectivity index (χ2n) is 9.52. The number of para-hydroxylation sites is 1. The van der Waals surface area contributed by atoms with Gasteiger partial charge >= 0.3 is 11.9 Å². The number of amides is 1. The number of aromatic nitrogens is 6. The summed E-state index contributed by atoms with van der Waals surface area (Å²) in [7, 11) is 0. The summed E-state index contributed by atoms with van der Waals surface area (Å²) in [5, 5.41) is 21.1. The van der Waals surface area contributed by atoms with Crippen LogP contribution >= 0.6 is 11.6 Å². The summed E-state index contributed by atoms with van der Waals surface area (Å²) in [6, 6.07) is 15.0. The number of aliphatic hydroxyl groups is 1. The highest BCUT2D eigenvalue weighted by Crippen LogP contribution is 2.24. The number of benzene rings is 3. The van der Waals surface area contributed by atoms with Crippen molar-refractivity contribution in [1.82, 2.24) is 34.4 Å². The molecule has 5 rings (SSSR count). The van der Waals surface area contributed by atoms with E-state index < -0.39 is 42.1 Å². The van der Waals surface area contributed by atoms with Crippen molar-refractivity contribution in [1.29, 1.82) is 0 Å². The van der Waals surface area contributed by atoms with E-state index in [-0.39, 0.29) is 47.1 Å². The van der Waals surface area contributed by atoms with Gasteiger partial charge < -0.3 is 10.4 Å². The van der Waals surface area contributed by atoms with Crippen LogP contribution in [0.25, 0.3) is 17.1 Å². The minimum Gasteiger partial charge on any atom is -0.382 e. The Balaban J connectivity index is 1.40. The summed E-state index contributed by atoms with van der Waals surface area (Å²) in [4.78, 5) is 30.2. The van der Waals surface area contributed by atoms with Gasteiger partial charge in [-0.25, -0.2) is 27.9 Å². The number of aliphatic hydroxyl groups excluding tert-OH is 1. The maximum atomic E-state index is 13.5. The molecule has 0 aliphatic heterocycles. The van der Waals surface area contributed by atoms with E-state index in [2.05, 4.69) is 20.5 Å². The lowest BCUT2D eigenvalue weighted by atomic mass is 10.1. The molecule has 0 bridgehead atoms. The zero-order chi connectivity index (χ0) is 31.6. The van der Waals surface area contributed by atoms with E-state index in [0.29, 0.717) is 15.7 Å². The number of nitrogens with one attached hydrogen (secondary N) is 1. The second-order valence-corrected chi connectivity index (χ2v) is 9.96. The number of halogens is 6. The van der Waals surface area contributed by atoms with Crippen LogP contribution in [-0.2, 0) is 19.6 Å². The Labute approximate surface area is 250 Å². The van der Waals surface area contributed by atoms with Crippen molar-refractivity contribution in [3.05, 3.63) is 117 Å². The Hall–Kier alpha value is -4.89. The molecule has 10 nitrogen and oxygen atoms in total. The van der Waals surface area contributed by atoms with Gasteiger partial charge in [-0.05, 0) is 54.1 Å². The molecule has 0 saturated heterocycles. The van der Waals surface area contributed by atoms with E-state index >= 15 is 0 Å². The molecule has 0 fully saturated rings. The van der Waals surface area contributed by atoms with Crippen LogP contribution < -0.4 is 11.0 Å². The fraction of sp³-hybridized carbons (Fsp3) is 0.179. The maximum absolute atomic E-state index is 13.5. The molecule has 2 aromatic heterocycles. The second kappa shape index (κ2) is 12.4. The highest BCUT2D eigenvalue weighted by Gasteiger charge is 2.39. The van der Waals surface area contributed by atoms with Gasteiger partial charge in [0.25, 0.3) is 5.91 Å². The molecule has 1 unspecified atom stereocenters. The summed E-state index contributed by atoms with van der Waals surface area (Å²) in [6.07, 6.45) is -6.55. The summed E-state index contributed by atoms with van der Waals surface area (Å²) in [6.45, 7) is -1.62. The monoisotopic (exact) mass is 633 g/mol. The fourth-order valence-corrected chi connectivity index (χ4v) is 4.40. The molecule has 0 spiro atoms. The van der Waals surface area contributed by atoms with Gasteiger partial charge in [-0.1, -0.05) is 23.7 Å². The van der Waals surface area contributed by atoms with Crippen LogP contribution in [0.5, 0.6) is 0 Å². The fourth-order valence-electron chi connectivity index (χ4n) is 4.27. The van der Waals surface area contributed by atoms with Crippen molar-refractivity contribution in [2.75, 3.05) is 0 Å². The quantitative estimate of drug-likeness (QED) is 0.236. The molecule has 44 heavy (non-hydrogen) atoms. The number of hydrogen-bond acceptors (Lipinski definition) is 6. The van der Waals surface area contributed by atoms with Crippen LogP contribution in [0.4, 0.5) is 22.0 Å². The first-order valence-corrected chi connectivity index (χ1v) is 13.2. The molecule has 228 valence electrons. The Bertz CT molecular complexity index is 1850. The number of hydrogen-bond donors (Lipinski definition) is 2. The number of alkyl halides is 3. The van der Waals surface area contributed by atoms with E-state index in [1.807, 2.05) is 0 Å². The lowest BCUT2D eigenvalue weighted by molar-refractivity contribution is -0.207. The first kappa shape index (κ1) is 30.6. The molecule has 2 heterocycles. The van der Waals surface area contributed by atoms with Gasteiger partial charge in [-0.2, -0.15) is 13.2 Å². The standard InChI is InChI=1S/C28H21ClF5N7O3/c29-18-7-5-17(6-8-18)25-38-40(27(44)39(25)13-23(42)28(32,33)34)14-24-36-15-41(37-24)22-4-2-1-3-21(22)26(43)35-12-16-9-19(30)11-20(31)10-16/h1-11,15,23,42H,12-14H2,(H,35,43). The Morgan fingerprint density at radius 3 is 2.36 bits per heavy atom. The Morgan fingerprint density at radius 2 is 1.68 bits per heavy atom. The van der Waals surface area contributed by atoms with Gasteiger partial charge in [0.15, 0.2) is 17.8 Å². The molecule has 0 aliphatic rings. The number of carbonyl (C=O) groups excluding carboxylic acids is 1. The molecule has 1 atom stereocenters. The first-order valence-electron chi connectivity index (χ1n) is 12.8. The third-order valence-electron chi connectivity index (χ3n) is 6.36. The number of rotatable bonds is 9. The summed E-state index contributed by atoms with van der Waals surface area (Å²) < 4.78 is 69.2. The molecular formula is C28H21ClF5N7O3. The molecule has 3 aromatic carbocycles. The van der Waals surface area contributed by atoms with Crippen LogP contribution in [0.15, 0.2) is 77.9 Å². The highest BCUT2D eigenvalue weighted by atomic mass is 35.5. The summed E-state index contributed by atoms with van der Waals surface area (Å²) in [5.74, 6) is -2.26. The molecular weight excluding hydrogens is 613 g/mol. The predicted octanol–water partition coefficient (Wildman–Crippen LogP) is 4.13. The van der Waals surface area contributed by atoms with Crippen LogP contribution in [0.1, 0.15) is 21.7 Å². The van der Waals surface area contributed by atoms with Crippen LogP contribution in [0.3, 0.4) is 0 Å². The maximum Gasteiger partial charge on any atom is 0.416 e. The lowest BCUT2D eigenvalue weighted by Crippen LogP contribution is -2.37. The molecule has 16 heteroatoms. The van der Waals surface area contributed by atoms with Gasteiger partial charge in [0.05, 0.1) is 17.8 Å². The summed E-state index contributed by atoms with van der Waals surface area (Å²) >= 11 is 5.91. The van der Waals surface area contributed by atoms with Crippen molar-refractivity contribution >= 4 is 17.5 Å². The van der Waals surface area contributed by atoms with Gasteiger partial charge in [-0.3, -0.25) is 9.36 Å². The SMILES string of the molecule is O=C(NCc1cc(F)cc(F)c1)c1ccccc1-n1cnc(Cn2nc(-c3ccc(Cl)cc3)n(CC(O)C(F)(F)F)c2=O)n1. The Kier molecular flexibility index (Phi) is 8.60. The smallest absolute Gasteiger partial charge is 0.382 e. The third kappa shape index (κ3) is 6.84. The number of carbonyl (C=O) groups is 1. The van der Waals surface area contributed by atoms with Gasteiger partial charge in [-0.15, -0.1) is 10.2 Å². The van der Waals surface area contributed by atoms with Crippen molar-refractivity contribution in [2.24, 2.45) is 0 Å². The van der Waals surface area contributed by atoms with Gasteiger partial charge in [0.1, 0.15) is 24.5 Å². The highest BCUT2D eigenvalue weighted by molar-refractivity contribution is 6.30. The predicted molar refractivity (Wildman–Crippen MR) is 147 cm³/mol. The summed E-state index contributed by atoms with van der Waals surface area (Å²) in [5.41, 5.74) is -0.0418.